The Kier molecular flexibility index (Phi) is 4.49. The fraction of sp³-hybridized carbons (Fsp3) is 0.250. The van der Waals surface area contributed by atoms with Crippen LogP contribution in [0.3, 0.4) is 0 Å². The number of likely N-dealkylation sites (N-methyl/N-ethyl adjacent to an activating group) is 1. The van der Waals surface area contributed by atoms with E-state index in [4.69, 9.17) is 11.6 Å². The average Bonchev–Trinajstić information content (AvgIpc) is 3.43. The van der Waals surface area contributed by atoms with Crippen LogP contribution in [0, 0.1) is 0 Å². The monoisotopic (exact) mass is 475 g/mol. The second-order valence-corrected chi connectivity index (χ2v) is 10.3. The van der Waals surface area contributed by atoms with Gasteiger partial charge in [0.15, 0.2) is 0 Å². The number of hydrogen-bond acceptors (Lipinski definition) is 7. The number of rotatable bonds is 4. The van der Waals surface area contributed by atoms with Crippen molar-refractivity contribution in [2.75, 3.05) is 14.1 Å². The van der Waals surface area contributed by atoms with E-state index in [1.807, 2.05) is 18.8 Å². The first kappa shape index (κ1) is 20.7. The van der Waals surface area contributed by atoms with Crippen LogP contribution in [0.15, 0.2) is 55.9 Å². The van der Waals surface area contributed by atoms with Gasteiger partial charge in [-0.25, -0.2) is 13.2 Å². The lowest BCUT2D eigenvalue weighted by Crippen LogP contribution is -2.33. The van der Waals surface area contributed by atoms with Gasteiger partial charge in [-0.1, -0.05) is 16.3 Å². The standard InChI is InChI=1S/C20H18ClN5O5S/c1-24(2)14-8-15(14)25-13-7-11(4-3-10(13)9-22-25)32(30,31)16-6-5-12(21)17-18(16)23-20(28)26(29)19(17)27/h3-7,9,14-15,29H,8H2,1-2H3,(H,23,28)/t14-,15-/m1/s1. The zero-order chi connectivity index (χ0) is 22.9. The van der Waals surface area contributed by atoms with E-state index >= 15 is 0 Å². The molecule has 32 heavy (non-hydrogen) atoms. The Balaban J connectivity index is 1.71. The summed E-state index contributed by atoms with van der Waals surface area (Å²) < 4.78 is 28.7. The maximum absolute atomic E-state index is 13.5. The molecule has 2 aromatic carbocycles. The maximum atomic E-state index is 13.5. The molecule has 0 radical (unpaired) electrons. The van der Waals surface area contributed by atoms with Crippen LogP contribution in [-0.2, 0) is 9.84 Å². The predicted molar refractivity (Wildman–Crippen MR) is 117 cm³/mol. The number of aromatic amines is 1. The molecular weight excluding hydrogens is 458 g/mol. The van der Waals surface area contributed by atoms with Gasteiger partial charge in [0.05, 0.1) is 43.5 Å². The Bertz CT molecular complexity index is 1640. The maximum Gasteiger partial charge on any atom is 0.362 e. The number of fused-ring (bicyclic) bond motifs is 2. The van der Waals surface area contributed by atoms with Gasteiger partial charge in [0, 0.05) is 11.4 Å². The molecule has 1 fully saturated rings. The van der Waals surface area contributed by atoms with Gasteiger partial charge in [-0.3, -0.25) is 9.48 Å². The molecule has 10 nitrogen and oxygen atoms in total. The molecule has 0 saturated heterocycles. The van der Waals surface area contributed by atoms with Crippen LogP contribution in [0.25, 0.3) is 21.8 Å². The number of nitrogens with zero attached hydrogens (tertiary/aromatic N) is 4. The van der Waals surface area contributed by atoms with Crippen LogP contribution in [0.2, 0.25) is 5.02 Å². The van der Waals surface area contributed by atoms with E-state index in [1.165, 1.54) is 24.3 Å². The van der Waals surface area contributed by atoms with Crippen molar-refractivity contribution in [1.82, 2.24) is 24.4 Å². The van der Waals surface area contributed by atoms with Crippen LogP contribution in [0.1, 0.15) is 12.5 Å². The number of sulfone groups is 1. The summed E-state index contributed by atoms with van der Waals surface area (Å²) in [4.78, 5) is 28.3. The fourth-order valence-corrected chi connectivity index (χ4v) is 5.71. The lowest BCUT2D eigenvalue weighted by molar-refractivity contribution is 0.162. The molecule has 166 valence electrons. The number of aromatic nitrogens is 4. The molecule has 0 unspecified atom stereocenters. The predicted octanol–water partition coefficient (Wildman–Crippen LogP) is 1.64. The molecule has 4 aromatic rings. The van der Waals surface area contributed by atoms with Gasteiger partial charge in [0.1, 0.15) is 0 Å². The molecule has 1 aliphatic carbocycles. The number of nitrogens with one attached hydrogen (secondary N) is 1. The second kappa shape index (κ2) is 6.92. The highest BCUT2D eigenvalue weighted by Crippen LogP contribution is 2.41. The average molecular weight is 476 g/mol. The van der Waals surface area contributed by atoms with E-state index < -0.39 is 21.1 Å². The van der Waals surface area contributed by atoms with Crippen molar-refractivity contribution in [2.45, 2.75) is 28.3 Å². The fourth-order valence-electron chi connectivity index (χ4n) is 4.04. The smallest absolute Gasteiger partial charge is 0.362 e. The molecule has 12 heteroatoms. The molecule has 2 aromatic heterocycles. The zero-order valence-corrected chi connectivity index (χ0v) is 18.6. The Morgan fingerprint density at radius 1 is 1.22 bits per heavy atom. The Morgan fingerprint density at radius 3 is 2.66 bits per heavy atom. The first-order chi connectivity index (χ1) is 15.1. The third-order valence-corrected chi connectivity index (χ3v) is 7.93. The first-order valence-corrected chi connectivity index (χ1v) is 11.5. The molecule has 0 amide bonds. The van der Waals surface area contributed by atoms with Crippen LogP contribution < -0.4 is 11.2 Å². The minimum absolute atomic E-state index is 0.0218. The Hall–Kier alpha value is -3.15. The van der Waals surface area contributed by atoms with Crippen LogP contribution in [0.5, 0.6) is 0 Å². The third kappa shape index (κ3) is 2.96. The van der Waals surface area contributed by atoms with Crippen molar-refractivity contribution in [3.8, 4) is 0 Å². The number of H-pyrrole nitrogens is 1. The molecule has 2 atom stereocenters. The summed E-state index contributed by atoms with van der Waals surface area (Å²) in [6, 6.07) is 7.59. The summed E-state index contributed by atoms with van der Waals surface area (Å²) >= 11 is 6.06. The molecule has 1 aliphatic rings. The highest BCUT2D eigenvalue weighted by atomic mass is 35.5. The third-order valence-electron chi connectivity index (χ3n) is 5.82. The van der Waals surface area contributed by atoms with Crippen molar-refractivity contribution >= 4 is 43.2 Å². The van der Waals surface area contributed by atoms with Crippen LogP contribution in [0.4, 0.5) is 0 Å². The van der Waals surface area contributed by atoms with E-state index in [1.54, 1.807) is 12.3 Å². The van der Waals surface area contributed by atoms with E-state index in [2.05, 4.69) is 15.0 Å². The van der Waals surface area contributed by atoms with Crippen molar-refractivity contribution in [1.29, 1.82) is 0 Å². The van der Waals surface area contributed by atoms with Gasteiger partial charge < -0.3 is 15.1 Å². The number of benzene rings is 2. The summed E-state index contributed by atoms with van der Waals surface area (Å²) in [6.45, 7) is 0. The molecule has 5 rings (SSSR count). The Labute approximate surface area is 186 Å². The Morgan fingerprint density at radius 2 is 1.97 bits per heavy atom. The van der Waals surface area contributed by atoms with Gasteiger partial charge in [-0.05, 0) is 50.8 Å². The van der Waals surface area contributed by atoms with Crippen molar-refractivity contribution < 1.29 is 13.6 Å². The van der Waals surface area contributed by atoms with Gasteiger partial charge in [0.25, 0.3) is 5.56 Å². The van der Waals surface area contributed by atoms with Gasteiger partial charge in [-0.2, -0.15) is 5.10 Å². The SMILES string of the molecule is CN(C)[C@@H]1C[C@H]1n1ncc2ccc(S(=O)(=O)c3ccc(Cl)c4c(=O)n(O)c(=O)[nH]c34)cc21. The summed E-state index contributed by atoms with van der Waals surface area (Å²) in [5.74, 6) is 0. The molecule has 0 aliphatic heterocycles. The normalized spacial score (nSPS) is 18.6. The minimum atomic E-state index is -4.16. The molecule has 1 saturated carbocycles. The second-order valence-electron chi connectivity index (χ2n) is 7.99. The lowest BCUT2D eigenvalue weighted by Gasteiger charge is -2.11. The first-order valence-electron chi connectivity index (χ1n) is 9.67. The van der Waals surface area contributed by atoms with E-state index in [0.717, 1.165) is 11.8 Å². The molecule has 2 heterocycles. The highest BCUT2D eigenvalue weighted by Gasteiger charge is 2.41. The largest absolute Gasteiger partial charge is 0.421 e. The molecule has 0 spiro atoms. The van der Waals surface area contributed by atoms with E-state index in [0.29, 0.717) is 11.6 Å². The summed E-state index contributed by atoms with van der Waals surface area (Å²) in [5, 5.41) is 14.5. The highest BCUT2D eigenvalue weighted by molar-refractivity contribution is 7.91. The number of hydrogen-bond donors (Lipinski definition) is 2. The van der Waals surface area contributed by atoms with Gasteiger partial charge in [-0.15, -0.1) is 0 Å². The van der Waals surface area contributed by atoms with Crippen molar-refractivity contribution in [3.05, 3.63) is 62.4 Å². The van der Waals surface area contributed by atoms with Crippen molar-refractivity contribution in [2.24, 2.45) is 0 Å². The van der Waals surface area contributed by atoms with Crippen molar-refractivity contribution in [3.63, 3.8) is 0 Å². The van der Waals surface area contributed by atoms with E-state index in [-0.39, 0.29) is 36.5 Å². The summed E-state index contributed by atoms with van der Waals surface area (Å²) in [5.41, 5.74) is -1.87. The lowest BCUT2D eigenvalue weighted by atomic mass is 10.2. The molecular formula is C20H18ClN5O5S. The zero-order valence-electron chi connectivity index (χ0n) is 17.0. The summed E-state index contributed by atoms with van der Waals surface area (Å²) in [6.07, 6.45) is 2.60. The summed E-state index contributed by atoms with van der Waals surface area (Å²) in [7, 11) is -0.190. The van der Waals surface area contributed by atoms with Gasteiger partial charge >= 0.3 is 5.69 Å². The quantitative estimate of drug-likeness (QED) is 0.429. The molecule has 0 bridgehead atoms. The van der Waals surface area contributed by atoms with Crippen LogP contribution >= 0.6 is 11.6 Å². The molecule has 2 N–H and O–H groups in total. The minimum Gasteiger partial charge on any atom is -0.421 e. The topological polar surface area (TPSA) is 130 Å². The van der Waals surface area contributed by atoms with E-state index in [9.17, 15) is 23.2 Å². The van der Waals surface area contributed by atoms with Crippen LogP contribution in [-0.4, -0.2) is 58.2 Å². The van der Waals surface area contributed by atoms with Gasteiger partial charge in [0.2, 0.25) is 9.84 Å². The number of halogens is 1.